The molecule has 0 aromatic rings. The average Bonchev–Trinajstić information content (AvgIpc) is 2.36. The van der Waals surface area contributed by atoms with Crippen LogP contribution in [0.15, 0.2) is 12.7 Å². The second-order valence-corrected chi connectivity index (χ2v) is 2.07. The maximum Gasteiger partial charge on any atom is 0.155 e. The van der Waals surface area contributed by atoms with Crippen molar-refractivity contribution in [2.45, 2.75) is 12.8 Å². The molecule has 0 saturated carbocycles. The summed E-state index contributed by atoms with van der Waals surface area (Å²) in [6.07, 6.45) is 4.40. The van der Waals surface area contributed by atoms with Gasteiger partial charge in [-0.15, -0.1) is 0 Å². The predicted octanol–water partition coefficient (Wildman–Crippen LogP) is 1.85. The van der Waals surface area contributed by atoms with E-state index in [-0.39, 0.29) is 22.9 Å². The number of allylic oxidation sites excluding steroid dienone is 1. The summed E-state index contributed by atoms with van der Waals surface area (Å²) in [5, 5.41) is 0. The largest absolute Gasteiger partial charge is 0.295 e. The maximum atomic E-state index is 10.6. The first-order valence-corrected chi connectivity index (χ1v) is 3.77. The fourth-order valence-electron chi connectivity index (χ4n) is 0.521. The van der Waals surface area contributed by atoms with Crippen molar-refractivity contribution in [3.63, 3.8) is 0 Å². The molecule has 4 radical (unpaired) electrons. The Labute approximate surface area is 113 Å². The van der Waals surface area contributed by atoms with Crippen LogP contribution in [0.3, 0.4) is 0 Å². The van der Waals surface area contributed by atoms with Crippen molar-refractivity contribution in [3.8, 4) is 0 Å². The Balaban J connectivity index is -0.0000000594. The van der Waals surface area contributed by atoms with E-state index in [0.717, 1.165) is 5.92 Å². The van der Waals surface area contributed by atoms with Crippen LogP contribution in [0.5, 0.6) is 0 Å². The molecule has 0 heterocycles. The van der Waals surface area contributed by atoms with E-state index < -0.39 is 0 Å². The topological polar surface area (TPSA) is 76.8 Å². The fourth-order valence-corrected chi connectivity index (χ4v) is 0.521. The Kier molecular flexibility index (Phi) is 63.5. The van der Waals surface area contributed by atoms with E-state index in [1.54, 1.807) is 0 Å². The molecule has 5 heteroatoms. The van der Waals surface area contributed by atoms with E-state index in [1.165, 1.54) is 6.08 Å². The number of carbonyl (C=O) groups excluding carboxylic acids is 1. The second kappa shape index (κ2) is 36.2. The van der Waals surface area contributed by atoms with Crippen molar-refractivity contribution in [2.24, 2.45) is 0 Å². The first kappa shape index (κ1) is 29.8. The molecule has 0 spiro atoms. The van der Waals surface area contributed by atoms with E-state index in [9.17, 15) is 4.79 Å². The molecule has 17 heavy (non-hydrogen) atoms. The van der Waals surface area contributed by atoms with Crippen molar-refractivity contribution >= 4 is 5.78 Å². The molecule has 0 rings (SSSR count). The Morgan fingerprint density at radius 3 is 1.65 bits per heavy atom. The first-order chi connectivity index (χ1) is 7.66. The zero-order valence-electron chi connectivity index (χ0n) is 9.18. The van der Waals surface area contributed by atoms with Gasteiger partial charge in [0.1, 0.15) is 0 Å². The summed E-state index contributed by atoms with van der Waals surface area (Å²) in [5.41, 5.74) is 0. The van der Waals surface area contributed by atoms with Crippen LogP contribution in [0.4, 0.5) is 0 Å². The zero-order chi connectivity index (χ0) is 14.0. The molecule has 0 aliphatic heterocycles. The third kappa shape index (κ3) is 51.2. The van der Waals surface area contributed by atoms with Crippen molar-refractivity contribution in [1.29, 1.82) is 0 Å². The van der Waals surface area contributed by atoms with Gasteiger partial charge in [-0.2, -0.15) is 0 Å². The molecule has 0 unspecified atom stereocenters. The van der Waals surface area contributed by atoms with Crippen LogP contribution in [0.25, 0.3) is 0 Å². The standard InChI is InChI=1S/C9H12O.3CO.Fe/c1-4-9(10)7-5-6-8(2)3;3*1-2;/h4,6H,1-3,5,7H2;;;;. The van der Waals surface area contributed by atoms with Crippen LogP contribution in [-0.2, 0) is 35.8 Å². The molecule has 0 N–H and O–H groups in total. The molecule has 0 amide bonds. The van der Waals surface area contributed by atoms with Crippen molar-refractivity contribution in [2.75, 3.05) is 0 Å². The molecule has 0 fully saturated rings. The van der Waals surface area contributed by atoms with E-state index in [2.05, 4.69) is 40.4 Å². The van der Waals surface area contributed by atoms with Gasteiger partial charge >= 0.3 is 33.9 Å². The van der Waals surface area contributed by atoms with Gasteiger partial charge in [-0.3, -0.25) is 4.79 Å². The van der Waals surface area contributed by atoms with Crippen LogP contribution >= 0.6 is 0 Å². The van der Waals surface area contributed by atoms with Gasteiger partial charge in [-0.25, -0.2) is 0 Å². The molecular weight excluding hydrogens is 264 g/mol. The van der Waals surface area contributed by atoms with Gasteiger partial charge in [0.05, 0.1) is 0 Å². The Morgan fingerprint density at radius 2 is 1.41 bits per heavy atom. The first-order valence-electron chi connectivity index (χ1n) is 3.77. The third-order valence-electron chi connectivity index (χ3n) is 1.05. The number of hydrogen-bond donors (Lipinski definition) is 0. The van der Waals surface area contributed by atoms with Gasteiger partial charge in [0.25, 0.3) is 0 Å². The van der Waals surface area contributed by atoms with Crippen molar-refractivity contribution in [1.82, 2.24) is 0 Å². The summed E-state index contributed by atoms with van der Waals surface area (Å²) in [5.74, 6) is 0.828. The number of hydrogen-bond acceptors (Lipinski definition) is 1. The van der Waals surface area contributed by atoms with Crippen LogP contribution < -0.4 is 0 Å². The van der Waals surface area contributed by atoms with Crippen LogP contribution in [0, 0.1) is 46.1 Å². The predicted molar refractivity (Wildman–Crippen MR) is 54.5 cm³/mol. The summed E-state index contributed by atoms with van der Waals surface area (Å²) in [6, 6.07) is 0. The molecule has 0 saturated heterocycles. The van der Waals surface area contributed by atoms with Gasteiger partial charge in [0.2, 0.25) is 0 Å². The summed E-state index contributed by atoms with van der Waals surface area (Å²) >= 11 is 0. The van der Waals surface area contributed by atoms with Gasteiger partial charge in [-0.05, 0) is 38.7 Å². The Bertz CT molecular complexity index is 202. The summed E-state index contributed by atoms with van der Waals surface area (Å²) in [7, 11) is 0. The molecule has 0 atom stereocenters. The van der Waals surface area contributed by atoms with Crippen molar-refractivity contribution in [3.05, 3.63) is 58.8 Å². The number of carbonyl (C=O) groups is 1. The quantitative estimate of drug-likeness (QED) is 0.326. The number of ketones is 1. The van der Waals surface area contributed by atoms with Gasteiger partial charge in [0, 0.05) is 23.5 Å². The van der Waals surface area contributed by atoms with Crippen molar-refractivity contribution < 1.29 is 35.8 Å². The van der Waals surface area contributed by atoms with Crippen LogP contribution in [-0.4, -0.2) is 5.78 Å². The molecule has 0 aromatic heterocycles. The molecule has 4 nitrogen and oxygen atoms in total. The van der Waals surface area contributed by atoms with Gasteiger partial charge in [0.15, 0.2) is 5.78 Å². The number of rotatable bonds is 5. The SMILES string of the molecule is [C-]#[O+].[C-]#[O+].[C-]#[O+].[CH2][C]([CH2])[CH]CCC(=O)C=C.[Fe]. The third-order valence-corrected chi connectivity index (χ3v) is 1.05. The van der Waals surface area contributed by atoms with E-state index in [1.807, 2.05) is 6.42 Å². The maximum absolute atomic E-state index is 10.6. The fraction of sp³-hybridized carbons (Fsp3) is 0.167. The monoisotopic (exact) mass is 276 g/mol. The molecule has 0 aliphatic rings. The van der Waals surface area contributed by atoms with Gasteiger partial charge in [-0.1, -0.05) is 6.58 Å². The second-order valence-electron chi connectivity index (χ2n) is 2.07. The minimum Gasteiger partial charge on any atom is -0.295 e. The molecule has 0 aliphatic carbocycles. The summed E-state index contributed by atoms with van der Waals surface area (Å²) < 4.78 is 22.5. The minimum atomic E-state index is 0. The van der Waals surface area contributed by atoms with E-state index in [0.29, 0.717) is 12.8 Å². The van der Waals surface area contributed by atoms with Crippen LogP contribution in [0.1, 0.15) is 12.8 Å². The average molecular weight is 276 g/mol. The summed E-state index contributed by atoms with van der Waals surface area (Å²) in [6.45, 7) is 24.0. The smallest absolute Gasteiger partial charge is 0.155 e. The van der Waals surface area contributed by atoms with E-state index >= 15 is 0 Å². The molecule has 0 bridgehead atoms. The van der Waals surface area contributed by atoms with Gasteiger partial charge < -0.3 is 0 Å². The summed E-state index contributed by atoms with van der Waals surface area (Å²) in [4.78, 5) is 10.6. The molecule has 0 aromatic carbocycles. The molecular formula is C12H12FeO4. The van der Waals surface area contributed by atoms with Crippen LogP contribution in [0.2, 0.25) is 0 Å². The Morgan fingerprint density at radius 1 is 1.06 bits per heavy atom. The van der Waals surface area contributed by atoms with E-state index in [4.69, 9.17) is 14.0 Å². The normalized spacial score (nSPS) is 6.18. The Hall–Kier alpha value is -0.851. The molecule has 92 valence electrons. The zero-order valence-corrected chi connectivity index (χ0v) is 10.3. The minimum absolute atomic E-state index is 0.